The van der Waals surface area contributed by atoms with Crippen LogP contribution < -0.4 is 26.5 Å². The molecule has 38 heteroatoms. The average Bonchev–Trinajstić information content (AvgIpc) is 1.68. The van der Waals surface area contributed by atoms with Crippen molar-refractivity contribution >= 4 is 35.8 Å². The summed E-state index contributed by atoms with van der Waals surface area (Å²) in [4.78, 5) is 115. The number of carbonyl (C=O) groups excluding carboxylic acids is 1. The molecular weight excluding hydrogens is 1910 g/mol. The number of aliphatic hydroxyl groups excluding tert-OH is 2. The van der Waals surface area contributed by atoms with Gasteiger partial charge in [0.2, 0.25) is 5.88 Å². The van der Waals surface area contributed by atoms with Crippen LogP contribution in [-0.4, -0.2) is 171 Å². The first-order chi connectivity index (χ1) is 71.5. The minimum Gasteiger partial charge on any atom is -0.487 e. The smallest absolute Gasteiger partial charge is 0.358 e. The number of esters is 1. The number of nitrogens with zero attached hydrogens (tertiary/aromatic N) is 16. The monoisotopic (exact) mass is 2040 g/mol. The summed E-state index contributed by atoms with van der Waals surface area (Å²) in [5, 5.41) is 76.7. The second-order valence-electron chi connectivity index (χ2n) is 36.6. The van der Waals surface area contributed by atoms with Crippen molar-refractivity contribution in [3.63, 3.8) is 0 Å². The number of hydrogen-bond donors (Lipinski definition) is 10. The Morgan fingerprint density at radius 3 is 1.40 bits per heavy atom. The number of carboxylic acids is 5. The molecule has 0 radical (unpaired) electrons. The van der Waals surface area contributed by atoms with Gasteiger partial charge in [-0.3, -0.25) is 24.9 Å². The zero-order valence-corrected chi connectivity index (χ0v) is 84.6. The van der Waals surface area contributed by atoms with E-state index in [1.54, 1.807) is 110 Å². The van der Waals surface area contributed by atoms with Crippen LogP contribution in [0.5, 0.6) is 11.6 Å². The predicted octanol–water partition coefficient (Wildman–Crippen LogP) is 15.8. The van der Waals surface area contributed by atoms with Crippen LogP contribution in [0.25, 0.3) is 0 Å². The molecule has 0 spiro atoms. The second-order valence-corrected chi connectivity index (χ2v) is 36.6. The number of aryl methyl sites for hydroxylation is 11. The van der Waals surface area contributed by atoms with E-state index in [1.807, 2.05) is 86.6 Å². The van der Waals surface area contributed by atoms with Crippen LogP contribution in [0.1, 0.15) is 246 Å². The number of halogens is 3. The Hall–Kier alpha value is -16.3. The van der Waals surface area contributed by atoms with Crippen molar-refractivity contribution in [1.82, 2.24) is 83.5 Å². The fraction of sp³-hybridized carbons (Fsp3) is 0.306. The highest BCUT2D eigenvalue weighted by molar-refractivity contribution is 5.90. The van der Waals surface area contributed by atoms with Gasteiger partial charge in [0, 0.05) is 135 Å². The molecule has 0 saturated carbocycles. The predicted molar refractivity (Wildman–Crippen MR) is 549 cm³/mol. The zero-order chi connectivity index (χ0) is 107. The Morgan fingerprint density at radius 2 is 0.893 bits per heavy atom. The molecule has 0 amide bonds. The van der Waals surface area contributed by atoms with E-state index in [-0.39, 0.29) is 64.0 Å². The second kappa shape index (κ2) is 55.9. The highest BCUT2D eigenvalue weighted by Gasteiger charge is 2.26. The van der Waals surface area contributed by atoms with Crippen molar-refractivity contribution < 1.29 is 92.0 Å². The number of hydrogen-bond acceptors (Lipinski definition) is 26. The molecule has 0 fully saturated rings. The number of rotatable bonds is 44. The van der Waals surface area contributed by atoms with Crippen LogP contribution >= 0.6 is 0 Å². The van der Waals surface area contributed by atoms with Crippen molar-refractivity contribution in [3.05, 3.63) is 407 Å². The molecule has 0 aliphatic carbocycles. The number of carbonyl (C=O) groups is 6. The van der Waals surface area contributed by atoms with Gasteiger partial charge in [-0.1, -0.05) is 112 Å². The summed E-state index contributed by atoms with van der Waals surface area (Å²) in [6.07, 6.45) is 16.2. The maximum atomic E-state index is 13.3. The number of aliphatic hydroxyl groups is 2. The number of pyridine rings is 6. The lowest BCUT2D eigenvalue weighted by Crippen LogP contribution is -2.23. The van der Waals surface area contributed by atoms with Gasteiger partial charge < -0.3 is 84.3 Å². The Bertz CT molecular complexity index is 7000. The normalized spacial score (nSPS) is 11.0. The lowest BCUT2D eigenvalue weighted by Gasteiger charge is -2.20. The van der Waals surface area contributed by atoms with Gasteiger partial charge in [-0.25, -0.2) is 61.9 Å². The summed E-state index contributed by atoms with van der Waals surface area (Å²) in [6.45, 7) is 15.8. The highest BCUT2D eigenvalue weighted by Crippen LogP contribution is 2.28. The number of imidazole rings is 3. The van der Waals surface area contributed by atoms with E-state index in [0.717, 1.165) is 138 Å². The van der Waals surface area contributed by atoms with Crippen molar-refractivity contribution in [1.29, 1.82) is 0 Å². The highest BCUT2D eigenvalue weighted by atomic mass is 19.1. The molecule has 780 valence electrons. The lowest BCUT2D eigenvalue weighted by atomic mass is 9.95. The van der Waals surface area contributed by atoms with Gasteiger partial charge in [0.05, 0.1) is 89.7 Å². The van der Waals surface area contributed by atoms with Gasteiger partial charge in [0.1, 0.15) is 58.9 Å². The number of carboxylic acid groups (broad SMARTS) is 5. The zero-order valence-electron chi connectivity index (χ0n) is 84.6. The summed E-state index contributed by atoms with van der Waals surface area (Å²) < 4.78 is 58.6. The van der Waals surface area contributed by atoms with Gasteiger partial charge in [-0.05, 0) is 236 Å². The Balaban J connectivity index is 0.000000177. The molecule has 0 aliphatic heterocycles. The largest absolute Gasteiger partial charge is 0.487 e. The van der Waals surface area contributed by atoms with Crippen LogP contribution in [0.4, 0.5) is 13.2 Å². The van der Waals surface area contributed by atoms with Crippen LogP contribution in [0.2, 0.25) is 0 Å². The minimum atomic E-state index is -1.09. The van der Waals surface area contributed by atoms with E-state index in [4.69, 9.17) is 25.9 Å². The number of ether oxygens (including phenoxy) is 2. The molecule has 0 unspecified atom stereocenters. The number of aromatic carboxylic acids is 5. The number of nitrogens with one attached hydrogen (secondary N) is 1. The molecular formula is C111H124F3N19O16. The van der Waals surface area contributed by atoms with Crippen LogP contribution in [-0.2, 0) is 134 Å². The minimum absolute atomic E-state index is 0.0693. The molecule has 10 heterocycles. The van der Waals surface area contributed by atoms with E-state index >= 15 is 0 Å². The summed E-state index contributed by atoms with van der Waals surface area (Å²) in [7, 11) is 5.30. The summed E-state index contributed by atoms with van der Waals surface area (Å²) in [5.41, 5.74) is 20.8. The van der Waals surface area contributed by atoms with Crippen LogP contribution in [0.3, 0.4) is 0 Å². The SMILES string of the molecule is COC(=O)c1cn(Cc2ccc(F)cc2)c(CCCc2cc(C(=O)O)cc(CO)n2)n1.Cc1cc(C(=O)O)cc(CCCc2ncc(CN(C)C)n2Cc2ccc(F)cc2)n1.Cc1cc(C(=O)O)cc(CCCc2nccn2Cc2cccc(CN)c2)n1.Cc1cc(C(=O)O)cc(CNCc2nnc(C(C)(C)C)n2Cc2ccc(F)cc2)n1.NOc1ccc(OCc2ccccc2)c(CCCCc2cc(C(=O)O)cc(CO)n2)n1. The van der Waals surface area contributed by atoms with Crippen molar-refractivity contribution in [2.24, 2.45) is 11.6 Å². The molecule has 15 aromatic rings. The molecule has 0 atom stereocenters. The standard InChI is InChI=1S/C23H27FN4O2.C23H25N3O5.C22H26FN5O2.C22H22FN3O5.C21H24N4O2/c1-16-11-18(23(29)30)12-20(26-16)5-4-6-22-25-13-21(15-27(2)3)28(22)14-17-7-9-19(24)10-8-17;24-31-22-11-10-21(30-15-16-6-2-1-3-7-16)20(26-22)9-5-4-8-18-12-17(23(28)29)13-19(14-27)25-18;1-14-9-16(20(29)30)10-18(25-14)11-24-12-19-26-27-21(22(2,3)4)28(19)13-15-5-7-17(23)8-6-15;1-31-22(30)19-12-26(11-14-5-7-16(23)8-6-14)20(25-19)4-2-3-17-9-15(21(28)29)10-18(13-27)24-17;1-15-10-18(21(26)27)12-19(24-15)6-3-7-20-23-8-9-25(20)14-17-5-2-4-16(11-17)13-22/h7-13H,4-6,14-15H2,1-3H3,(H,29,30);1-3,6-7,10-13,27H,4-5,8-9,14-15,24H2,(H,28,29);5-10,24H,11-13H2,1-4H3,(H,29,30);5-10,12,27H,2-4,11,13H2,1H3,(H,28,29);2,4-5,8-12H,3,6-7,13-14,22H2,1H3,(H,26,27). The molecule has 0 aliphatic rings. The molecule has 12 N–H and O–H groups in total. The number of aromatic nitrogens is 15. The fourth-order valence-electron chi connectivity index (χ4n) is 16.2. The first-order valence-electron chi connectivity index (χ1n) is 48.3. The van der Waals surface area contributed by atoms with Crippen LogP contribution in [0.15, 0.2) is 225 Å². The summed E-state index contributed by atoms with van der Waals surface area (Å²) in [6, 6.07) is 55.8. The third-order valence-electron chi connectivity index (χ3n) is 23.3. The van der Waals surface area contributed by atoms with Crippen LogP contribution in [0, 0.1) is 38.2 Å². The molecule has 35 nitrogen and oxygen atoms in total. The van der Waals surface area contributed by atoms with Gasteiger partial charge in [-0.15, -0.1) is 10.2 Å². The fourth-order valence-corrected chi connectivity index (χ4v) is 16.2. The molecule has 149 heavy (non-hydrogen) atoms. The summed E-state index contributed by atoms with van der Waals surface area (Å²) in [5.74, 6) is 4.06. The van der Waals surface area contributed by atoms with Gasteiger partial charge in [0.15, 0.2) is 5.69 Å². The third-order valence-corrected chi connectivity index (χ3v) is 23.3. The van der Waals surface area contributed by atoms with Crippen molar-refractivity contribution in [3.8, 4) is 11.6 Å². The number of benzene rings is 5. The van der Waals surface area contributed by atoms with Gasteiger partial charge in [-0.2, -0.15) is 5.90 Å². The number of nitrogens with two attached hydrogens (primary N) is 2. The van der Waals surface area contributed by atoms with E-state index in [9.17, 15) is 77.7 Å². The van der Waals surface area contributed by atoms with Gasteiger partial charge in [0.25, 0.3) is 0 Å². The van der Waals surface area contributed by atoms with E-state index in [2.05, 4.69) is 107 Å². The lowest BCUT2D eigenvalue weighted by molar-refractivity contribution is 0.0591. The van der Waals surface area contributed by atoms with E-state index in [0.29, 0.717) is 147 Å². The first kappa shape index (κ1) is 113. The Kier molecular flexibility index (Phi) is 42.4. The van der Waals surface area contributed by atoms with E-state index in [1.165, 1.54) is 73.3 Å². The molecule has 5 aromatic carbocycles. The number of unbranched alkanes of at least 4 members (excludes halogenated alkanes) is 1. The number of methoxy groups -OCH3 is 1. The third kappa shape index (κ3) is 35.8. The van der Waals surface area contributed by atoms with Crippen molar-refractivity contribution in [2.45, 2.75) is 203 Å². The van der Waals surface area contributed by atoms with Crippen molar-refractivity contribution in [2.75, 3.05) is 21.2 Å². The molecule has 0 saturated heterocycles. The quantitative estimate of drug-likeness (QED) is 0.00963. The average molecular weight is 2040 g/mol. The maximum Gasteiger partial charge on any atom is 0.358 e. The first-order valence-corrected chi connectivity index (χ1v) is 48.3. The Labute approximate surface area is 860 Å². The van der Waals surface area contributed by atoms with Gasteiger partial charge >= 0.3 is 35.8 Å². The molecule has 15 rings (SSSR count). The maximum absolute atomic E-state index is 13.3. The molecule has 10 aromatic heterocycles. The topological polar surface area (TPSA) is 501 Å². The molecule has 0 bridgehead atoms. The van der Waals surface area contributed by atoms with E-state index < -0.39 is 35.8 Å². The Morgan fingerprint density at radius 1 is 0.436 bits per heavy atom. The summed E-state index contributed by atoms with van der Waals surface area (Å²) >= 11 is 0.